The number of aryl methyl sites for hydroxylation is 2. The van der Waals surface area contributed by atoms with Crippen LogP contribution in [0.25, 0.3) is 0 Å². The predicted octanol–water partition coefficient (Wildman–Crippen LogP) is 3.14. The molecule has 2 aromatic rings. The minimum absolute atomic E-state index is 0.199. The summed E-state index contributed by atoms with van der Waals surface area (Å²) >= 11 is 0. The molecule has 1 heterocycles. The lowest BCUT2D eigenvalue weighted by Gasteiger charge is -2.12. The fourth-order valence-electron chi connectivity index (χ4n) is 2.33. The second kappa shape index (κ2) is 7.07. The van der Waals surface area contributed by atoms with E-state index in [-0.39, 0.29) is 16.9 Å². The van der Waals surface area contributed by atoms with Crippen LogP contribution in [-0.2, 0) is 6.54 Å². The number of carbonyl (C=O) groups is 1. The van der Waals surface area contributed by atoms with Crippen LogP contribution in [0.3, 0.4) is 0 Å². The average molecular weight is 299 g/mol. The summed E-state index contributed by atoms with van der Waals surface area (Å²) in [5, 5.41) is 0. The average Bonchev–Trinajstić information content (AvgIpc) is 2.46. The van der Waals surface area contributed by atoms with E-state index in [4.69, 9.17) is 4.74 Å². The molecule has 0 aliphatic carbocycles. The maximum absolute atomic E-state index is 12.2. The van der Waals surface area contributed by atoms with Gasteiger partial charge in [0, 0.05) is 12.2 Å². The van der Waals surface area contributed by atoms with Crippen molar-refractivity contribution in [3.05, 3.63) is 63.6 Å². The van der Waals surface area contributed by atoms with Crippen molar-refractivity contribution in [1.29, 1.82) is 0 Å². The summed E-state index contributed by atoms with van der Waals surface area (Å²) in [5.41, 5.74) is 2.03. The third kappa shape index (κ3) is 3.85. The highest BCUT2D eigenvalue weighted by Gasteiger charge is 2.09. The van der Waals surface area contributed by atoms with Crippen molar-refractivity contribution in [2.45, 2.75) is 33.7 Å². The van der Waals surface area contributed by atoms with Crippen LogP contribution in [0.1, 0.15) is 35.0 Å². The zero-order valence-electron chi connectivity index (χ0n) is 13.3. The molecule has 0 aliphatic rings. The molecule has 0 aliphatic heterocycles. The predicted molar refractivity (Wildman–Crippen MR) is 86.7 cm³/mol. The summed E-state index contributed by atoms with van der Waals surface area (Å²) in [6, 6.07) is 11.3. The van der Waals surface area contributed by atoms with Crippen LogP contribution in [0.5, 0.6) is 5.75 Å². The molecular weight excluding hydrogens is 278 g/mol. The summed E-state index contributed by atoms with van der Waals surface area (Å²) in [7, 11) is 0. The van der Waals surface area contributed by atoms with E-state index in [1.807, 2.05) is 38.1 Å². The Bertz CT molecular complexity index is 731. The highest BCUT2D eigenvalue weighted by Crippen LogP contribution is 2.12. The first-order valence-corrected chi connectivity index (χ1v) is 7.40. The maximum Gasteiger partial charge on any atom is 0.261 e. The minimum atomic E-state index is -0.219. The largest absolute Gasteiger partial charge is 0.494 e. The van der Waals surface area contributed by atoms with Crippen molar-refractivity contribution < 1.29 is 9.53 Å². The van der Waals surface area contributed by atoms with Gasteiger partial charge in [-0.2, -0.15) is 0 Å². The Morgan fingerprint density at radius 2 is 1.95 bits per heavy atom. The van der Waals surface area contributed by atoms with Gasteiger partial charge < -0.3 is 9.30 Å². The first-order chi connectivity index (χ1) is 10.5. The Kier molecular flexibility index (Phi) is 5.15. The van der Waals surface area contributed by atoms with Gasteiger partial charge in [-0.1, -0.05) is 12.1 Å². The second-order valence-electron chi connectivity index (χ2n) is 5.42. The number of ether oxygens (including phenoxy) is 1. The van der Waals surface area contributed by atoms with Gasteiger partial charge in [-0.3, -0.25) is 9.59 Å². The van der Waals surface area contributed by atoms with Crippen LogP contribution < -0.4 is 10.3 Å². The number of aromatic nitrogens is 1. The number of hydrogen-bond acceptors (Lipinski definition) is 3. The number of pyridine rings is 1. The van der Waals surface area contributed by atoms with Crippen molar-refractivity contribution in [1.82, 2.24) is 4.57 Å². The third-order valence-corrected chi connectivity index (χ3v) is 3.56. The number of nitrogens with zero attached hydrogens (tertiary/aromatic N) is 1. The van der Waals surface area contributed by atoms with Crippen LogP contribution >= 0.6 is 0 Å². The summed E-state index contributed by atoms with van der Waals surface area (Å²) in [5.74, 6) is 0.635. The number of Topliss-reactive ketones (excluding diaryl/α,β-unsaturated/α-hetero) is 1. The highest BCUT2D eigenvalue weighted by atomic mass is 16.5. The van der Waals surface area contributed by atoms with E-state index in [9.17, 15) is 9.59 Å². The van der Waals surface area contributed by atoms with Crippen LogP contribution in [0.4, 0.5) is 0 Å². The van der Waals surface area contributed by atoms with E-state index < -0.39 is 0 Å². The molecule has 0 bridgehead atoms. The molecule has 0 unspecified atom stereocenters. The van der Waals surface area contributed by atoms with E-state index in [1.165, 1.54) is 6.92 Å². The van der Waals surface area contributed by atoms with Crippen LogP contribution in [0.2, 0.25) is 0 Å². The Morgan fingerprint density at radius 3 is 2.64 bits per heavy atom. The van der Waals surface area contributed by atoms with E-state index in [1.54, 1.807) is 16.7 Å². The van der Waals surface area contributed by atoms with Crippen molar-refractivity contribution in [3.63, 3.8) is 0 Å². The number of hydrogen-bond donors (Lipinski definition) is 0. The fraction of sp³-hybridized carbons (Fsp3) is 0.333. The molecule has 0 saturated heterocycles. The van der Waals surface area contributed by atoms with Gasteiger partial charge in [0.15, 0.2) is 5.78 Å². The SMILES string of the molecule is CC(=O)c1ccc(C)n(CCCOc2cccc(C)c2)c1=O. The molecule has 22 heavy (non-hydrogen) atoms. The topological polar surface area (TPSA) is 48.3 Å². The summed E-state index contributed by atoms with van der Waals surface area (Å²) in [4.78, 5) is 23.7. The van der Waals surface area contributed by atoms with Gasteiger partial charge in [-0.05, 0) is 57.0 Å². The van der Waals surface area contributed by atoms with Crippen molar-refractivity contribution in [2.75, 3.05) is 6.61 Å². The number of benzene rings is 1. The van der Waals surface area contributed by atoms with Gasteiger partial charge in [-0.25, -0.2) is 0 Å². The minimum Gasteiger partial charge on any atom is -0.494 e. The summed E-state index contributed by atoms with van der Waals surface area (Å²) in [6.45, 7) is 6.37. The van der Waals surface area contributed by atoms with Gasteiger partial charge in [0.2, 0.25) is 0 Å². The van der Waals surface area contributed by atoms with Crippen molar-refractivity contribution >= 4 is 5.78 Å². The van der Waals surface area contributed by atoms with E-state index in [0.717, 1.165) is 17.0 Å². The quantitative estimate of drug-likeness (QED) is 0.608. The lowest BCUT2D eigenvalue weighted by Crippen LogP contribution is -2.27. The molecule has 0 atom stereocenters. The van der Waals surface area contributed by atoms with Crippen LogP contribution in [0.15, 0.2) is 41.2 Å². The maximum atomic E-state index is 12.2. The molecule has 0 radical (unpaired) electrons. The molecule has 116 valence electrons. The zero-order chi connectivity index (χ0) is 16.1. The number of ketones is 1. The van der Waals surface area contributed by atoms with Crippen molar-refractivity contribution in [3.8, 4) is 5.75 Å². The Morgan fingerprint density at radius 1 is 1.18 bits per heavy atom. The molecule has 0 fully saturated rings. The van der Waals surface area contributed by atoms with Gasteiger partial charge >= 0.3 is 0 Å². The summed E-state index contributed by atoms with van der Waals surface area (Å²) in [6.07, 6.45) is 0.704. The van der Waals surface area contributed by atoms with Gasteiger partial charge in [0.25, 0.3) is 5.56 Å². The van der Waals surface area contributed by atoms with Crippen LogP contribution in [-0.4, -0.2) is 17.0 Å². The van der Waals surface area contributed by atoms with Gasteiger partial charge in [-0.15, -0.1) is 0 Å². The molecular formula is C18H21NO3. The molecule has 0 spiro atoms. The fourth-order valence-corrected chi connectivity index (χ4v) is 2.33. The molecule has 0 N–H and O–H groups in total. The smallest absolute Gasteiger partial charge is 0.261 e. The van der Waals surface area contributed by atoms with Crippen molar-refractivity contribution in [2.24, 2.45) is 0 Å². The molecule has 1 aromatic carbocycles. The van der Waals surface area contributed by atoms with Gasteiger partial charge in [0.1, 0.15) is 5.75 Å². The zero-order valence-corrected chi connectivity index (χ0v) is 13.3. The monoisotopic (exact) mass is 299 g/mol. The molecule has 1 aromatic heterocycles. The number of carbonyl (C=O) groups excluding carboxylic acids is 1. The van der Waals surface area contributed by atoms with E-state index in [2.05, 4.69) is 0 Å². The lowest BCUT2D eigenvalue weighted by molar-refractivity contribution is 0.101. The van der Waals surface area contributed by atoms with E-state index in [0.29, 0.717) is 19.6 Å². The van der Waals surface area contributed by atoms with Crippen LogP contribution in [0, 0.1) is 13.8 Å². The molecule has 2 rings (SSSR count). The molecule has 4 nitrogen and oxygen atoms in total. The third-order valence-electron chi connectivity index (χ3n) is 3.56. The number of rotatable bonds is 6. The Hall–Kier alpha value is -2.36. The van der Waals surface area contributed by atoms with Gasteiger partial charge in [0.05, 0.1) is 12.2 Å². The molecule has 0 amide bonds. The normalized spacial score (nSPS) is 10.5. The highest BCUT2D eigenvalue weighted by molar-refractivity contribution is 5.93. The molecule has 4 heteroatoms. The first-order valence-electron chi connectivity index (χ1n) is 7.40. The summed E-state index contributed by atoms with van der Waals surface area (Å²) < 4.78 is 7.32. The standard InChI is InChI=1S/C18H21NO3/c1-13-6-4-7-16(12-13)22-11-5-10-19-14(2)8-9-17(15(3)20)18(19)21/h4,6-9,12H,5,10-11H2,1-3H3. The first kappa shape index (κ1) is 16.0. The lowest BCUT2D eigenvalue weighted by atomic mass is 10.2. The second-order valence-corrected chi connectivity index (χ2v) is 5.42. The molecule has 0 saturated carbocycles. The Balaban J connectivity index is 1.99. The Labute approximate surface area is 130 Å². The van der Waals surface area contributed by atoms with E-state index >= 15 is 0 Å².